The van der Waals surface area contributed by atoms with Crippen molar-refractivity contribution >= 4 is 22.9 Å². The van der Waals surface area contributed by atoms with Gasteiger partial charge in [0.25, 0.3) is 5.91 Å². The number of carbonyl (C=O) groups excluding carboxylic acids is 1. The van der Waals surface area contributed by atoms with Crippen molar-refractivity contribution in [2.75, 3.05) is 5.32 Å². The van der Waals surface area contributed by atoms with Crippen LogP contribution in [0.15, 0.2) is 66.0 Å². The number of carbonyl (C=O) groups is 1. The lowest BCUT2D eigenvalue weighted by Crippen LogP contribution is -2.11. The molecule has 0 saturated carbocycles. The minimum Gasteiger partial charge on any atom is -0.488 e. The third-order valence-electron chi connectivity index (χ3n) is 3.16. The second kappa shape index (κ2) is 7.07. The van der Waals surface area contributed by atoms with Crippen molar-refractivity contribution in [2.24, 2.45) is 0 Å². The highest BCUT2D eigenvalue weighted by molar-refractivity contribution is 7.09. The molecule has 3 aromatic rings. The zero-order chi connectivity index (χ0) is 16.1. The normalized spacial score (nSPS) is 10.3. The first kappa shape index (κ1) is 15.2. The summed E-state index contributed by atoms with van der Waals surface area (Å²) in [6.45, 7) is 0.473. The monoisotopic (exact) mass is 327 g/mol. The third kappa shape index (κ3) is 4.17. The van der Waals surface area contributed by atoms with Gasteiger partial charge in [0.15, 0.2) is 0 Å². The second-order valence-corrected chi connectivity index (χ2v) is 5.89. The Kier molecular flexibility index (Phi) is 4.68. The van der Waals surface area contributed by atoms with Crippen molar-refractivity contribution < 1.29 is 13.9 Å². The predicted octanol–water partition coefficient (Wildman–Crippen LogP) is 4.72. The first-order valence-corrected chi connectivity index (χ1v) is 7.91. The van der Waals surface area contributed by atoms with E-state index in [2.05, 4.69) is 5.32 Å². The number of benzene rings is 2. The van der Waals surface area contributed by atoms with Crippen molar-refractivity contribution in [1.29, 1.82) is 0 Å². The van der Waals surface area contributed by atoms with Crippen LogP contribution >= 0.6 is 11.3 Å². The Morgan fingerprint density at radius 3 is 2.65 bits per heavy atom. The summed E-state index contributed by atoms with van der Waals surface area (Å²) in [5.74, 6) is 0.0234. The molecular formula is C18H14FNO2S. The molecule has 0 aliphatic rings. The largest absolute Gasteiger partial charge is 0.488 e. The molecule has 116 valence electrons. The quantitative estimate of drug-likeness (QED) is 0.736. The second-order valence-electron chi connectivity index (χ2n) is 4.86. The number of hydrogen-bond donors (Lipinski definition) is 1. The Morgan fingerprint density at radius 2 is 1.91 bits per heavy atom. The van der Waals surface area contributed by atoms with Crippen molar-refractivity contribution in [3.05, 3.63) is 82.3 Å². The number of amides is 1. The van der Waals surface area contributed by atoms with E-state index >= 15 is 0 Å². The SMILES string of the molecule is O=C(Nc1ccc(F)cc1)c1cccc(OCc2cccs2)c1. The summed E-state index contributed by atoms with van der Waals surface area (Å²) in [5.41, 5.74) is 1.03. The number of halogens is 1. The van der Waals surface area contributed by atoms with Crippen LogP contribution < -0.4 is 10.1 Å². The zero-order valence-electron chi connectivity index (χ0n) is 12.2. The van der Waals surface area contributed by atoms with Gasteiger partial charge in [0.1, 0.15) is 18.2 Å². The summed E-state index contributed by atoms with van der Waals surface area (Å²) in [5, 5.41) is 4.71. The van der Waals surface area contributed by atoms with Gasteiger partial charge in [-0.05, 0) is 53.9 Å². The fraction of sp³-hybridized carbons (Fsp3) is 0.0556. The van der Waals surface area contributed by atoms with Gasteiger partial charge < -0.3 is 10.1 Å². The van der Waals surface area contributed by atoms with E-state index in [9.17, 15) is 9.18 Å². The Hall–Kier alpha value is -2.66. The van der Waals surface area contributed by atoms with Crippen LogP contribution in [-0.4, -0.2) is 5.91 Å². The van der Waals surface area contributed by atoms with E-state index < -0.39 is 0 Å². The molecule has 0 saturated heterocycles. The van der Waals surface area contributed by atoms with Crippen LogP contribution in [0.4, 0.5) is 10.1 Å². The number of anilines is 1. The minimum atomic E-state index is -0.341. The van der Waals surface area contributed by atoms with Crippen LogP contribution in [0.25, 0.3) is 0 Å². The van der Waals surface area contributed by atoms with E-state index in [-0.39, 0.29) is 11.7 Å². The summed E-state index contributed by atoms with van der Waals surface area (Å²) in [7, 11) is 0. The highest BCUT2D eigenvalue weighted by Gasteiger charge is 2.08. The Morgan fingerprint density at radius 1 is 1.09 bits per heavy atom. The molecule has 0 radical (unpaired) electrons. The number of hydrogen-bond acceptors (Lipinski definition) is 3. The van der Waals surface area contributed by atoms with Crippen molar-refractivity contribution in [3.63, 3.8) is 0 Å². The van der Waals surface area contributed by atoms with Gasteiger partial charge in [-0.15, -0.1) is 11.3 Å². The van der Waals surface area contributed by atoms with Gasteiger partial charge in [-0.25, -0.2) is 4.39 Å². The number of thiophene rings is 1. The van der Waals surface area contributed by atoms with Gasteiger partial charge in [0.2, 0.25) is 0 Å². The molecule has 1 heterocycles. The maximum absolute atomic E-state index is 12.9. The number of ether oxygens (including phenoxy) is 1. The van der Waals surface area contributed by atoms with E-state index in [1.807, 2.05) is 23.6 Å². The highest BCUT2D eigenvalue weighted by atomic mass is 32.1. The van der Waals surface area contributed by atoms with E-state index in [1.165, 1.54) is 24.3 Å². The van der Waals surface area contributed by atoms with Crippen LogP contribution in [0.2, 0.25) is 0 Å². The summed E-state index contributed by atoms with van der Waals surface area (Å²) >= 11 is 1.62. The number of nitrogens with one attached hydrogen (secondary N) is 1. The average molecular weight is 327 g/mol. The van der Waals surface area contributed by atoms with E-state index in [0.717, 1.165) is 4.88 Å². The zero-order valence-corrected chi connectivity index (χ0v) is 13.0. The molecular weight excluding hydrogens is 313 g/mol. The first-order valence-electron chi connectivity index (χ1n) is 7.03. The Labute approximate surface area is 137 Å². The smallest absolute Gasteiger partial charge is 0.255 e. The molecule has 1 N–H and O–H groups in total. The van der Waals surface area contributed by atoms with Crippen LogP contribution in [0.5, 0.6) is 5.75 Å². The highest BCUT2D eigenvalue weighted by Crippen LogP contribution is 2.18. The summed E-state index contributed by atoms with van der Waals surface area (Å²) in [6.07, 6.45) is 0. The molecule has 0 bridgehead atoms. The molecule has 3 rings (SSSR count). The van der Waals surface area contributed by atoms with Gasteiger partial charge in [0.05, 0.1) is 0 Å². The van der Waals surface area contributed by atoms with Crippen molar-refractivity contribution in [1.82, 2.24) is 0 Å². The molecule has 0 aliphatic carbocycles. The summed E-state index contributed by atoms with van der Waals surface area (Å²) < 4.78 is 18.6. The maximum Gasteiger partial charge on any atom is 0.255 e. The molecule has 5 heteroatoms. The molecule has 1 amide bonds. The summed E-state index contributed by atoms with van der Waals surface area (Å²) in [6, 6.07) is 16.6. The molecule has 23 heavy (non-hydrogen) atoms. The first-order chi connectivity index (χ1) is 11.2. The fourth-order valence-corrected chi connectivity index (χ4v) is 2.63. The molecule has 2 aromatic carbocycles. The Bertz CT molecular complexity index is 785. The average Bonchev–Trinajstić information content (AvgIpc) is 3.09. The van der Waals surface area contributed by atoms with Gasteiger partial charge in [0, 0.05) is 16.1 Å². The lowest BCUT2D eigenvalue weighted by molar-refractivity contribution is 0.102. The molecule has 3 nitrogen and oxygen atoms in total. The van der Waals surface area contributed by atoms with Crippen LogP contribution in [0, 0.1) is 5.82 Å². The standard InChI is InChI=1S/C18H14FNO2S/c19-14-6-8-15(9-7-14)20-18(21)13-3-1-4-16(11-13)22-12-17-5-2-10-23-17/h1-11H,12H2,(H,20,21). The van der Waals surface area contributed by atoms with Gasteiger partial charge in [-0.1, -0.05) is 12.1 Å². The molecule has 0 unspecified atom stereocenters. The van der Waals surface area contributed by atoms with Crippen LogP contribution in [0.1, 0.15) is 15.2 Å². The molecule has 0 fully saturated rings. The molecule has 0 aliphatic heterocycles. The third-order valence-corrected chi connectivity index (χ3v) is 4.01. The molecule has 0 atom stereocenters. The van der Waals surface area contributed by atoms with E-state index in [4.69, 9.17) is 4.74 Å². The van der Waals surface area contributed by atoms with Gasteiger partial charge in [-0.2, -0.15) is 0 Å². The summed E-state index contributed by atoms with van der Waals surface area (Å²) in [4.78, 5) is 13.3. The topological polar surface area (TPSA) is 38.3 Å². The van der Waals surface area contributed by atoms with E-state index in [1.54, 1.807) is 29.5 Å². The predicted molar refractivity (Wildman–Crippen MR) is 89.4 cm³/mol. The lowest BCUT2D eigenvalue weighted by Gasteiger charge is -2.08. The Balaban J connectivity index is 1.66. The van der Waals surface area contributed by atoms with Crippen molar-refractivity contribution in [3.8, 4) is 5.75 Å². The minimum absolute atomic E-state index is 0.266. The molecule has 0 spiro atoms. The van der Waals surface area contributed by atoms with E-state index in [0.29, 0.717) is 23.6 Å². The fourth-order valence-electron chi connectivity index (χ4n) is 2.01. The maximum atomic E-state index is 12.9. The number of rotatable bonds is 5. The van der Waals surface area contributed by atoms with Crippen molar-refractivity contribution in [2.45, 2.75) is 6.61 Å². The molecule has 1 aromatic heterocycles. The lowest BCUT2D eigenvalue weighted by atomic mass is 10.2. The van der Waals surface area contributed by atoms with Gasteiger partial charge in [-0.3, -0.25) is 4.79 Å². The van der Waals surface area contributed by atoms with Gasteiger partial charge >= 0.3 is 0 Å². The van der Waals surface area contributed by atoms with Crippen LogP contribution in [0.3, 0.4) is 0 Å². The van der Waals surface area contributed by atoms with Crippen LogP contribution in [-0.2, 0) is 6.61 Å².